The zero-order valence-corrected chi connectivity index (χ0v) is 18.9. The van der Waals surface area contributed by atoms with E-state index in [1.807, 2.05) is 62.1 Å². The second-order valence-electron chi connectivity index (χ2n) is 9.76. The van der Waals surface area contributed by atoms with Crippen LogP contribution in [-0.4, -0.2) is 49.8 Å². The molecule has 3 heterocycles. The molecule has 1 N–H and O–H groups in total. The van der Waals surface area contributed by atoms with Crippen molar-refractivity contribution in [1.29, 1.82) is 0 Å². The number of aromatic nitrogens is 1. The number of hydroxylamine groups is 2. The van der Waals surface area contributed by atoms with Gasteiger partial charge >= 0.3 is 6.09 Å². The first-order valence-corrected chi connectivity index (χ1v) is 11.2. The highest BCUT2D eigenvalue weighted by molar-refractivity contribution is 5.91. The summed E-state index contributed by atoms with van der Waals surface area (Å²) < 4.78 is 5.62. The minimum Gasteiger partial charge on any atom is -0.444 e. The number of rotatable bonds is 4. The van der Waals surface area contributed by atoms with E-state index in [9.17, 15) is 14.8 Å². The molecule has 1 aromatic heterocycles. The number of piperidine rings is 1. The van der Waals surface area contributed by atoms with Crippen LogP contribution in [0.2, 0.25) is 0 Å². The number of carbonyl (C=O) groups is 2. The lowest BCUT2D eigenvalue weighted by molar-refractivity contribution is -0.0652. The molecule has 2 saturated heterocycles. The molecule has 2 unspecified atom stereocenters. The van der Waals surface area contributed by atoms with E-state index in [0.717, 1.165) is 36.8 Å². The fourth-order valence-corrected chi connectivity index (χ4v) is 4.84. The Kier molecular flexibility index (Phi) is 6.20. The smallest absolute Gasteiger partial charge is 0.410 e. The maximum Gasteiger partial charge on any atom is 0.410 e. The summed E-state index contributed by atoms with van der Waals surface area (Å²) in [6.07, 6.45) is 5.00. The first-order chi connectivity index (χ1) is 15.2. The van der Waals surface area contributed by atoms with Crippen LogP contribution in [0.25, 0.3) is 0 Å². The van der Waals surface area contributed by atoms with Gasteiger partial charge in [0.15, 0.2) is 0 Å². The standard InChI is InChI=1S/C25H31N3O4/c1-25(2,3)32-24(30)28-20-9-10-21(28)14-19(13-20)18-11-12-26-22(15-18)23(29)27(31)16-17-7-5-4-6-8-17/h4-8,11-12,15,19-21,31H,9-10,13-14,16H2,1-3H3. The Labute approximate surface area is 189 Å². The zero-order valence-electron chi connectivity index (χ0n) is 18.9. The molecule has 1 aromatic carbocycles. The van der Waals surface area contributed by atoms with Crippen LogP contribution in [0, 0.1) is 0 Å². The van der Waals surface area contributed by atoms with E-state index < -0.39 is 11.5 Å². The molecule has 2 amide bonds. The second kappa shape index (κ2) is 8.90. The topological polar surface area (TPSA) is 83.0 Å². The number of hydrogen-bond acceptors (Lipinski definition) is 5. The number of benzene rings is 1. The molecule has 2 aromatic rings. The summed E-state index contributed by atoms with van der Waals surface area (Å²) in [5, 5.41) is 11.0. The van der Waals surface area contributed by atoms with Crippen molar-refractivity contribution in [3.05, 3.63) is 65.5 Å². The molecule has 4 rings (SSSR count). The van der Waals surface area contributed by atoms with Crippen molar-refractivity contribution in [2.24, 2.45) is 0 Å². The van der Waals surface area contributed by atoms with Crippen LogP contribution in [0.1, 0.15) is 74.0 Å². The Balaban J connectivity index is 1.44. The predicted molar refractivity (Wildman–Crippen MR) is 119 cm³/mol. The molecule has 0 radical (unpaired) electrons. The third-order valence-corrected chi connectivity index (χ3v) is 6.22. The first-order valence-electron chi connectivity index (χ1n) is 11.2. The van der Waals surface area contributed by atoms with Crippen LogP contribution in [0.15, 0.2) is 48.7 Å². The molecule has 0 spiro atoms. The van der Waals surface area contributed by atoms with Crippen molar-refractivity contribution in [2.45, 2.75) is 76.6 Å². The number of ether oxygens (including phenoxy) is 1. The lowest BCUT2D eigenvalue weighted by Gasteiger charge is -2.39. The number of fused-ring (bicyclic) bond motifs is 2. The highest BCUT2D eigenvalue weighted by Crippen LogP contribution is 2.43. The van der Waals surface area contributed by atoms with Crippen molar-refractivity contribution >= 4 is 12.0 Å². The molecule has 2 atom stereocenters. The Morgan fingerprint density at radius 2 is 1.78 bits per heavy atom. The van der Waals surface area contributed by atoms with Crippen molar-refractivity contribution < 1.29 is 19.5 Å². The summed E-state index contributed by atoms with van der Waals surface area (Å²) in [6.45, 7) is 5.76. The van der Waals surface area contributed by atoms with Gasteiger partial charge in [-0.2, -0.15) is 0 Å². The van der Waals surface area contributed by atoms with E-state index >= 15 is 0 Å². The molecule has 2 fully saturated rings. The highest BCUT2D eigenvalue weighted by atomic mass is 16.6. The van der Waals surface area contributed by atoms with Crippen LogP contribution in [-0.2, 0) is 11.3 Å². The number of hydrogen-bond donors (Lipinski definition) is 1. The van der Waals surface area contributed by atoms with Gasteiger partial charge in [-0.1, -0.05) is 30.3 Å². The van der Waals surface area contributed by atoms with Gasteiger partial charge in [0.05, 0.1) is 6.54 Å². The Hall–Kier alpha value is -2.93. The predicted octanol–water partition coefficient (Wildman–Crippen LogP) is 4.76. The minimum absolute atomic E-state index is 0.101. The zero-order chi connectivity index (χ0) is 22.9. The third-order valence-electron chi connectivity index (χ3n) is 6.22. The lowest BCUT2D eigenvalue weighted by atomic mass is 9.85. The normalized spacial score (nSPS) is 22.5. The van der Waals surface area contributed by atoms with Gasteiger partial charge in [0.2, 0.25) is 0 Å². The second-order valence-corrected chi connectivity index (χ2v) is 9.76. The number of pyridine rings is 1. The first kappa shape index (κ1) is 22.3. The number of carbonyl (C=O) groups excluding carboxylic acids is 2. The van der Waals surface area contributed by atoms with E-state index in [0.29, 0.717) is 5.06 Å². The van der Waals surface area contributed by atoms with Gasteiger partial charge in [0, 0.05) is 18.3 Å². The van der Waals surface area contributed by atoms with Crippen LogP contribution in [0.3, 0.4) is 0 Å². The Bertz CT molecular complexity index is 959. The molecule has 2 aliphatic heterocycles. The van der Waals surface area contributed by atoms with E-state index in [1.54, 1.807) is 12.3 Å². The van der Waals surface area contributed by atoms with Gasteiger partial charge in [-0.25, -0.2) is 9.86 Å². The molecule has 2 bridgehead atoms. The summed E-state index contributed by atoms with van der Waals surface area (Å²) in [4.78, 5) is 31.6. The van der Waals surface area contributed by atoms with Gasteiger partial charge in [0.25, 0.3) is 5.91 Å². The summed E-state index contributed by atoms with van der Waals surface area (Å²) in [5.41, 5.74) is 1.58. The van der Waals surface area contributed by atoms with E-state index in [4.69, 9.17) is 4.74 Å². The molecule has 0 saturated carbocycles. The summed E-state index contributed by atoms with van der Waals surface area (Å²) in [5.74, 6) is -0.285. The van der Waals surface area contributed by atoms with Gasteiger partial charge < -0.3 is 9.64 Å². The molecule has 7 nitrogen and oxygen atoms in total. The van der Waals surface area contributed by atoms with Crippen LogP contribution in [0.5, 0.6) is 0 Å². The summed E-state index contributed by atoms with van der Waals surface area (Å²) >= 11 is 0. The molecule has 0 aliphatic carbocycles. The molecule has 7 heteroatoms. The maximum absolute atomic E-state index is 12.7. The van der Waals surface area contributed by atoms with Gasteiger partial charge in [-0.3, -0.25) is 15.0 Å². The average molecular weight is 438 g/mol. The Morgan fingerprint density at radius 1 is 1.12 bits per heavy atom. The quantitative estimate of drug-likeness (QED) is 0.551. The largest absolute Gasteiger partial charge is 0.444 e. The Morgan fingerprint density at radius 3 is 2.41 bits per heavy atom. The van der Waals surface area contributed by atoms with E-state index in [2.05, 4.69) is 4.98 Å². The molecule has 2 aliphatic rings. The van der Waals surface area contributed by atoms with Crippen molar-refractivity contribution in [3.63, 3.8) is 0 Å². The van der Waals surface area contributed by atoms with Crippen molar-refractivity contribution in [3.8, 4) is 0 Å². The number of nitrogens with zero attached hydrogens (tertiary/aromatic N) is 3. The maximum atomic E-state index is 12.7. The molecule has 32 heavy (non-hydrogen) atoms. The fourth-order valence-electron chi connectivity index (χ4n) is 4.84. The summed E-state index contributed by atoms with van der Waals surface area (Å²) in [7, 11) is 0. The van der Waals surface area contributed by atoms with Gasteiger partial charge in [-0.15, -0.1) is 0 Å². The SMILES string of the molecule is CC(C)(C)OC(=O)N1C2CCC1CC(c1ccnc(C(=O)N(O)Cc3ccccc3)c1)C2. The van der Waals surface area contributed by atoms with Gasteiger partial charge in [-0.05, 0) is 75.6 Å². The number of amides is 2. The lowest BCUT2D eigenvalue weighted by Crippen LogP contribution is -2.48. The molecular weight excluding hydrogens is 406 g/mol. The summed E-state index contributed by atoms with van der Waals surface area (Å²) in [6, 6.07) is 13.3. The minimum atomic E-state index is -0.523. The highest BCUT2D eigenvalue weighted by Gasteiger charge is 2.45. The average Bonchev–Trinajstić information content (AvgIpc) is 3.02. The van der Waals surface area contributed by atoms with E-state index in [-0.39, 0.29) is 36.3 Å². The fraction of sp³-hybridized carbons (Fsp3) is 0.480. The van der Waals surface area contributed by atoms with Crippen molar-refractivity contribution in [1.82, 2.24) is 14.9 Å². The van der Waals surface area contributed by atoms with Crippen LogP contribution < -0.4 is 0 Å². The van der Waals surface area contributed by atoms with Crippen LogP contribution >= 0.6 is 0 Å². The molecular formula is C25H31N3O4. The van der Waals surface area contributed by atoms with Crippen molar-refractivity contribution in [2.75, 3.05) is 0 Å². The van der Waals surface area contributed by atoms with Crippen LogP contribution in [0.4, 0.5) is 4.79 Å². The van der Waals surface area contributed by atoms with Gasteiger partial charge in [0.1, 0.15) is 11.3 Å². The molecule has 170 valence electrons. The third kappa shape index (κ3) is 4.93. The van der Waals surface area contributed by atoms with E-state index in [1.165, 1.54) is 0 Å². The monoisotopic (exact) mass is 437 g/mol.